The van der Waals surface area contributed by atoms with Crippen LogP contribution in [0.2, 0.25) is 0 Å². The summed E-state index contributed by atoms with van der Waals surface area (Å²) < 4.78 is 10.7. The SMILES string of the molecule is CC(C)(C)OC(=O)N1CCN[C@@H](C(=O)OCc2ccccc2)C1. The van der Waals surface area contributed by atoms with Gasteiger partial charge in [0, 0.05) is 13.1 Å². The number of carbonyl (C=O) groups excluding carboxylic acids is 2. The minimum Gasteiger partial charge on any atom is -0.460 e. The standard InChI is InChI=1S/C17H24N2O4/c1-17(2,3)23-16(21)19-10-9-18-14(11-19)15(20)22-12-13-7-5-4-6-8-13/h4-8,14,18H,9-12H2,1-3H3/t14-/m1/s1. The zero-order valence-electron chi connectivity index (χ0n) is 13.9. The van der Waals surface area contributed by atoms with Gasteiger partial charge < -0.3 is 19.7 Å². The van der Waals surface area contributed by atoms with Gasteiger partial charge in [0.05, 0.1) is 6.54 Å². The zero-order chi connectivity index (χ0) is 16.9. The molecule has 1 heterocycles. The molecular formula is C17H24N2O4. The summed E-state index contributed by atoms with van der Waals surface area (Å²) in [4.78, 5) is 25.8. The van der Waals surface area contributed by atoms with Crippen LogP contribution < -0.4 is 5.32 Å². The Balaban J connectivity index is 1.85. The minimum atomic E-state index is -0.550. The first-order valence-electron chi connectivity index (χ1n) is 7.77. The van der Waals surface area contributed by atoms with E-state index in [2.05, 4.69) is 5.32 Å². The fourth-order valence-corrected chi connectivity index (χ4v) is 2.23. The van der Waals surface area contributed by atoms with Gasteiger partial charge in [0.25, 0.3) is 0 Å². The molecule has 0 aliphatic carbocycles. The van der Waals surface area contributed by atoms with Crippen LogP contribution in [0.3, 0.4) is 0 Å². The van der Waals surface area contributed by atoms with E-state index in [1.54, 1.807) is 0 Å². The number of esters is 1. The molecule has 0 aromatic heterocycles. The van der Waals surface area contributed by atoms with E-state index in [1.165, 1.54) is 4.90 Å². The fourth-order valence-electron chi connectivity index (χ4n) is 2.23. The van der Waals surface area contributed by atoms with Crippen molar-refractivity contribution in [1.82, 2.24) is 10.2 Å². The highest BCUT2D eigenvalue weighted by molar-refractivity contribution is 5.78. The van der Waals surface area contributed by atoms with Crippen LogP contribution >= 0.6 is 0 Å². The second-order valence-electron chi connectivity index (χ2n) is 6.53. The predicted octanol–water partition coefficient (Wildman–Crippen LogP) is 1.94. The summed E-state index contributed by atoms with van der Waals surface area (Å²) in [6.07, 6.45) is -0.403. The molecule has 0 saturated carbocycles. The lowest BCUT2D eigenvalue weighted by molar-refractivity contribution is -0.148. The fraction of sp³-hybridized carbons (Fsp3) is 0.529. The van der Waals surface area contributed by atoms with Crippen molar-refractivity contribution in [3.63, 3.8) is 0 Å². The maximum Gasteiger partial charge on any atom is 0.410 e. The quantitative estimate of drug-likeness (QED) is 0.862. The number of nitrogens with one attached hydrogen (secondary N) is 1. The predicted molar refractivity (Wildman–Crippen MR) is 85.8 cm³/mol. The molecule has 1 amide bonds. The second kappa shape index (κ2) is 7.46. The van der Waals surface area contributed by atoms with Gasteiger partial charge in [-0.05, 0) is 26.3 Å². The Morgan fingerprint density at radius 1 is 1.26 bits per heavy atom. The number of hydrogen-bond acceptors (Lipinski definition) is 5. The van der Waals surface area contributed by atoms with Crippen LogP contribution in [0.1, 0.15) is 26.3 Å². The van der Waals surface area contributed by atoms with Gasteiger partial charge in [-0.2, -0.15) is 0 Å². The molecule has 1 fully saturated rings. The molecular weight excluding hydrogens is 296 g/mol. The van der Waals surface area contributed by atoms with Crippen LogP contribution in [-0.4, -0.2) is 48.2 Å². The molecule has 1 aliphatic rings. The molecule has 1 saturated heterocycles. The smallest absolute Gasteiger partial charge is 0.410 e. The number of hydrogen-bond donors (Lipinski definition) is 1. The molecule has 1 aromatic carbocycles. The second-order valence-corrected chi connectivity index (χ2v) is 6.53. The molecule has 126 valence electrons. The Kier molecular flexibility index (Phi) is 5.60. The van der Waals surface area contributed by atoms with Crippen molar-refractivity contribution in [2.45, 2.75) is 39.0 Å². The topological polar surface area (TPSA) is 67.9 Å². The van der Waals surface area contributed by atoms with Crippen LogP contribution in [-0.2, 0) is 20.9 Å². The van der Waals surface area contributed by atoms with E-state index in [0.717, 1.165) is 5.56 Å². The average Bonchev–Trinajstić information content (AvgIpc) is 2.52. The number of carbonyl (C=O) groups is 2. The normalized spacial score (nSPS) is 18.4. The Hall–Kier alpha value is -2.08. The van der Waals surface area contributed by atoms with Crippen molar-refractivity contribution in [3.8, 4) is 0 Å². The van der Waals surface area contributed by atoms with Gasteiger partial charge in [-0.25, -0.2) is 4.79 Å². The first kappa shape index (κ1) is 17.3. The molecule has 23 heavy (non-hydrogen) atoms. The van der Waals surface area contributed by atoms with E-state index >= 15 is 0 Å². The van der Waals surface area contributed by atoms with Crippen LogP contribution in [0.25, 0.3) is 0 Å². The highest BCUT2D eigenvalue weighted by Crippen LogP contribution is 2.12. The van der Waals surface area contributed by atoms with E-state index in [9.17, 15) is 9.59 Å². The number of amides is 1. The lowest BCUT2D eigenvalue weighted by Gasteiger charge is -2.33. The minimum absolute atomic E-state index is 0.226. The maximum absolute atomic E-state index is 12.2. The summed E-state index contributed by atoms with van der Waals surface area (Å²) in [6, 6.07) is 8.97. The van der Waals surface area contributed by atoms with E-state index < -0.39 is 17.7 Å². The Labute approximate surface area is 136 Å². The van der Waals surface area contributed by atoms with Crippen LogP contribution in [0.5, 0.6) is 0 Å². The summed E-state index contributed by atoms with van der Waals surface area (Å²) in [6.45, 7) is 6.98. The number of piperazine rings is 1. The number of benzene rings is 1. The van der Waals surface area contributed by atoms with E-state index in [0.29, 0.717) is 13.1 Å². The monoisotopic (exact) mass is 320 g/mol. The third-order valence-electron chi connectivity index (χ3n) is 3.34. The van der Waals surface area contributed by atoms with Crippen molar-refractivity contribution in [1.29, 1.82) is 0 Å². The van der Waals surface area contributed by atoms with Crippen molar-refractivity contribution in [3.05, 3.63) is 35.9 Å². The first-order chi connectivity index (χ1) is 10.8. The summed E-state index contributed by atoms with van der Waals surface area (Å²) >= 11 is 0. The Bertz CT molecular complexity index is 539. The third-order valence-corrected chi connectivity index (χ3v) is 3.34. The Morgan fingerprint density at radius 2 is 1.96 bits per heavy atom. The van der Waals surface area contributed by atoms with Crippen molar-refractivity contribution in [2.75, 3.05) is 19.6 Å². The van der Waals surface area contributed by atoms with Crippen molar-refractivity contribution < 1.29 is 19.1 Å². The summed E-state index contributed by atoms with van der Waals surface area (Å²) in [5.74, 6) is -0.359. The highest BCUT2D eigenvalue weighted by atomic mass is 16.6. The summed E-state index contributed by atoms with van der Waals surface area (Å²) in [5, 5.41) is 3.08. The molecule has 2 rings (SSSR count). The maximum atomic E-state index is 12.2. The molecule has 0 unspecified atom stereocenters. The largest absolute Gasteiger partial charge is 0.460 e. The van der Waals surface area contributed by atoms with Crippen molar-refractivity contribution >= 4 is 12.1 Å². The van der Waals surface area contributed by atoms with Gasteiger partial charge in [-0.15, -0.1) is 0 Å². The molecule has 1 aromatic rings. The van der Waals surface area contributed by atoms with Gasteiger partial charge >= 0.3 is 12.1 Å². The molecule has 1 aliphatic heterocycles. The number of ether oxygens (including phenoxy) is 2. The molecule has 0 radical (unpaired) electrons. The first-order valence-corrected chi connectivity index (χ1v) is 7.77. The number of nitrogens with zero attached hydrogens (tertiary/aromatic N) is 1. The summed E-state index contributed by atoms with van der Waals surface area (Å²) in [7, 11) is 0. The Morgan fingerprint density at radius 3 is 2.61 bits per heavy atom. The van der Waals surface area contributed by atoms with Gasteiger partial charge in [0.15, 0.2) is 0 Å². The van der Waals surface area contributed by atoms with Crippen LogP contribution in [0.15, 0.2) is 30.3 Å². The summed E-state index contributed by atoms with van der Waals surface area (Å²) in [5.41, 5.74) is 0.381. The number of rotatable bonds is 3. The van der Waals surface area contributed by atoms with E-state index in [1.807, 2.05) is 51.1 Å². The third kappa shape index (κ3) is 5.56. The zero-order valence-corrected chi connectivity index (χ0v) is 13.9. The average molecular weight is 320 g/mol. The highest BCUT2D eigenvalue weighted by Gasteiger charge is 2.31. The van der Waals surface area contributed by atoms with E-state index in [-0.39, 0.29) is 19.1 Å². The molecule has 0 bridgehead atoms. The van der Waals surface area contributed by atoms with Crippen LogP contribution in [0, 0.1) is 0 Å². The molecule has 1 N–H and O–H groups in total. The van der Waals surface area contributed by atoms with Gasteiger partial charge in [0.2, 0.25) is 0 Å². The molecule has 6 heteroatoms. The van der Waals surface area contributed by atoms with E-state index in [4.69, 9.17) is 9.47 Å². The molecule has 6 nitrogen and oxygen atoms in total. The van der Waals surface area contributed by atoms with Crippen LogP contribution in [0.4, 0.5) is 4.79 Å². The van der Waals surface area contributed by atoms with Gasteiger partial charge in [-0.1, -0.05) is 30.3 Å². The lowest BCUT2D eigenvalue weighted by Crippen LogP contribution is -2.56. The van der Waals surface area contributed by atoms with Gasteiger partial charge in [-0.3, -0.25) is 4.79 Å². The van der Waals surface area contributed by atoms with Gasteiger partial charge in [0.1, 0.15) is 18.2 Å². The van der Waals surface area contributed by atoms with Crippen molar-refractivity contribution in [2.24, 2.45) is 0 Å². The lowest BCUT2D eigenvalue weighted by atomic mass is 10.2. The molecule has 1 atom stereocenters. The molecule has 0 spiro atoms.